The van der Waals surface area contributed by atoms with Gasteiger partial charge in [0, 0.05) is 44.2 Å². The van der Waals surface area contributed by atoms with Gasteiger partial charge in [0.1, 0.15) is 5.75 Å². The quantitative estimate of drug-likeness (QED) is 0.671. The lowest BCUT2D eigenvalue weighted by Crippen LogP contribution is -2.57. The Morgan fingerprint density at radius 2 is 1.71 bits per heavy atom. The Hall–Kier alpha value is -1.35. The van der Waals surface area contributed by atoms with Crippen LogP contribution in [0.3, 0.4) is 0 Å². The van der Waals surface area contributed by atoms with Crippen molar-refractivity contribution < 1.29 is 28.1 Å². The van der Waals surface area contributed by atoms with Gasteiger partial charge in [0.25, 0.3) is 0 Å². The molecule has 1 unspecified atom stereocenters. The van der Waals surface area contributed by atoms with Crippen molar-refractivity contribution in [3.05, 3.63) is 29.8 Å². The van der Waals surface area contributed by atoms with E-state index in [2.05, 4.69) is 14.5 Å². The topological polar surface area (TPSA) is 56.2 Å². The first kappa shape index (κ1) is 24.3. The van der Waals surface area contributed by atoms with E-state index in [1.54, 1.807) is 12.1 Å². The number of nitrogens with zero attached hydrogens (tertiary/aromatic N) is 2. The van der Waals surface area contributed by atoms with E-state index in [1.165, 1.54) is 12.1 Å². The third kappa shape index (κ3) is 6.34. The van der Waals surface area contributed by atoms with E-state index >= 15 is 0 Å². The minimum atomic E-state index is -4.74. The van der Waals surface area contributed by atoms with Crippen LogP contribution in [0.25, 0.3) is 0 Å². The van der Waals surface area contributed by atoms with Crippen molar-refractivity contribution in [2.45, 2.75) is 69.4 Å². The summed E-state index contributed by atoms with van der Waals surface area (Å²) in [5.74, 6) is -0.536. The molecule has 176 valence electrons. The van der Waals surface area contributed by atoms with Gasteiger partial charge in [0.2, 0.25) is 0 Å². The predicted molar refractivity (Wildman–Crippen MR) is 113 cm³/mol. The van der Waals surface area contributed by atoms with Crippen molar-refractivity contribution in [1.82, 2.24) is 9.80 Å². The van der Waals surface area contributed by atoms with Crippen LogP contribution in [0.15, 0.2) is 24.3 Å². The molecule has 1 aromatic carbocycles. The normalized spacial score (nSPS) is 22.3. The molecule has 1 aliphatic carbocycles. The molecule has 0 radical (unpaired) electrons. The minimum absolute atomic E-state index is 0.0847. The molecular formula is C23H35F3N2O3. The predicted octanol–water partition coefficient (Wildman–Crippen LogP) is 3.75. The van der Waals surface area contributed by atoms with E-state index in [4.69, 9.17) is 0 Å². The first-order chi connectivity index (χ1) is 14.5. The number of piperazine rings is 1. The van der Waals surface area contributed by atoms with Gasteiger partial charge in [0.05, 0.1) is 12.2 Å². The molecule has 0 spiro atoms. The molecule has 2 N–H and O–H groups in total. The monoisotopic (exact) mass is 444 g/mol. The zero-order chi connectivity index (χ0) is 22.7. The summed E-state index contributed by atoms with van der Waals surface area (Å²) in [7, 11) is 0. The fraction of sp³-hybridized carbons (Fsp3) is 0.739. The number of rotatable bonds is 7. The Morgan fingerprint density at radius 1 is 1.06 bits per heavy atom. The summed E-state index contributed by atoms with van der Waals surface area (Å²) in [5.41, 5.74) is -0.531. The Morgan fingerprint density at radius 3 is 2.29 bits per heavy atom. The maximum absolute atomic E-state index is 12.7. The van der Waals surface area contributed by atoms with E-state index in [0.717, 1.165) is 45.4 Å². The van der Waals surface area contributed by atoms with Gasteiger partial charge in [-0.3, -0.25) is 4.90 Å². The molecule has 3 rings (SSSR count). The van der Waals surface area contributed by atoms with Crippen LogP contribution in [0.4, 0.5) is 13.2 Å². The highest BCUT2D eigenvalue weighted by atomic mass is 19.4. The molecule has 2 fully saturated rings. The van der Waals surface area contributed by atoms with Gasteiger partial charge < -0.3 is 19.8 Å². The standard InChI is InChI=1S/C23H35F3N2O3/c1-21(2,17-29)28-13-11-27(12-14-28)16-20(22(30)9-4-3-5-10-22)18-7-6-8-19(15-18)31-23(24,25)26/h6-8,15,20,29-30H,3-5,9-14,16-17H2,1-2H3. The Bertz CT molecular complexity index is 712. The summed E-state index contributed by atoms with van der Waals surface area (Å²) >= 11 is 0. The number of halogens is 3. The second kappa shape index (κ2) is 9.65. The first-order valence-corrected chi connectivity index (χ1v) is 11.2. The molecule has 1 saturated heterocycles. The van der Waals surface area contributed by atoms with Gasteiger partial charge in [-0.1, -0.05) is 31.4 Å². The van der Waals surface area contributed by atoms with Crippen molar-refractivity contribution in [3.8, 4) is 5.75 Å². The van der Waals surface area contributed by atoms with Gasteiger partial charge in [-0.05, 0) is 44.4 Å². The number of ether oxygens (including phenoxy) is 1. The van der Waals surface area contributed by atoms with Crippen molar-refractivity contribution >= 4 is 0 Å². The highest BCUT2D eigenvalue weighted by Gasteiger charge is 2.41. The van der Waals surface area contributed by atoms with E-state index < -0.39 is 12.0 Å². The average molecular weight is 445 g/mol. The zero-order valence-electron chi connectivity index (χ0n) is 18.5. The molecule has 0 bridgehead atoms. The van der Waals surface area contributed by atoms with Crippen LogP contribution in [0.5, 0.6) is 5.75 Å². The molecule has 2 aliphatic rings. The lowest BCUT2D eigenvalue weighted by Gasteiger charge is -2.46. The van der Waals surface area contributed by atoms with Crippen LogP contribution in [0.2, 0.25) is 0 Å². The Kier molecular flexibility index (Phi) is 7.56. The number of aliphatic hydroxyl groups excluding tert-OH is 1. The average Bonchev–Trinajstić information content (AvgIpc) is 2.72. The fourth-order valence-corrected chi connectivity index (χ4v) is 4.92. The summed E-state index contributed by atoms with van der Waals surface area (Å²) in [6.07, 6.45) is -0.527. The van der Waals surface area contributed by atoms with E-state index in [1.807, 2.05) is 13.8 Å². The largest absolute Gasteiger partial charge is 0.573 e. The van der Waals surface area contributed by atoms with Crippen LogP contribution < -0.4 is 4.74 Å². The highest BCUT2D eigenvalue weighted by molar-refractivity contribution is 5.33. The van der Waals surface area contributed by atoms with Crippen molar-refractivity contribution in [1.29, 1.82) is 0 Å². The summed E-state index contributed by atoms with van der Waals surface area (Å²) < 4.78 is 42.4. The van der Waals surface area contributed by atoms with Crippen molar-refractivity contribution in [2.75, 3.05) is 39.3 Å². The van der Waals surface area contributed by atoms with Crippen LogP contribution in [0, 0.1) is 0 Å². The fourth-order valence-electron chi connectivity index (χ4n) is 4.92. The van der Waals surface area contributed by atoms with Crippen molar-refractivity contribution in [2.24, 2.45) is 0 Å². The van der Waals surface area contributed by atoms with Gasteiger partial charge in [-0.15, -0.1) is 13.2 Å². The van der Waals surface area contributed by atoms with Gasteiger partial charge in [-0.25, -0.2) is 0 Å². The molecule has 1 aromatic rings. The molecule has 1 atom stereocenters. The summed E-state index contributed by atoms with van der Waals surface area (Å²) in [5, 5.41) is 21.2. The van der Waals surface area contributed by atoms with Crippen LogP contribution >= 0.6 is 0 Å². The second-order valence-corrected chi connectivity index (χ2v) is 9.60. The maximum Gasteiger partial charge on any atom is 0.573 e. The number of hydrogen-bond acceptors (Lipinski definition) is 5. The first-order valence-electron chi connectivity index (χ1n) is 11.2. The number of hydrogen-bond donors (Lipinski definition) is 2. The molecule has 5 nitrogen and oxygen atoms in total. The van der Waals surface area contributed by atoms with Crippen molar-refractivity contribution in [3.63, 3.8) is 0 Å². The molecule has 1 aliphatic heterocycles. The lowest BCUT2D eigenvalue weighted by atomic mass is 9.72. The number of alkyl halides is 3. The number of benzene rings is 1. The minimum Gasteiger partial charge on any atom is -0.406 e. The maximum atomic E-state index is 12.7. The summed E-state index contributed by atoms with van der Waals surface area (Å²) in [4.78, 5) is 4.53. The van der Waals surface area contributed by atoms with E-state index in [9.17, 15) is 23.4 Å². The van der Waals surface area contributed by atoms with E-state index in [0.29, 0.717) is 24.9 Å². The molecule has 0 amide bonds. The third-order valence-corrected chi connectivity index (χ3v) is 6.92. The smallest absolute Gasteiger partial charge is 0.406 e. The Balaban J connectivity index is 1.78. The highest BCUT2D eigenvalue weighted by Crippen LogP contribution is 2.41. The van der Waals surface area contributed by atoms with Crippen LogP contribution in [-0.2, 0) is 0 Å². The third-order valence-electron chi connectivity index (χ3n) is 6.92. The summed E-state index contributed by atoms with van der Waals surface area (Å²) in [6, 6.07) is 6.09. The molecule has 31 heavy (non-hydrogen) atoms. The van der Waals surface area contributed by atoms with Gasteiger partial charge in [-0.2, -0.15) is 0 Å². The zero-order valence-corrected chi connectivity index (χ0v) is 18.5. The molecular weight excluding hydrogens is 409 g/mol. The lowest BCUT2D eigenvalue weighted by molar-refractivity contribution is -0.274. The molecule has 1 saturated carbocycles. The number of aliphatic hydroxyl groups is 2. The summed E-state index contributed by atoms with van der Waals surface area (Å²) in [6.45, 7) is 7.88. The molecule has 8 heteroatoms. The van der Waals surface area contributed by atoms with Crippen LogP contribution in [0.1, 0.15) is 57.4 Å². The van der Waals surface area contributed by atoms with Crippen LogP contribution in [-0.4, -0.2) is 76.8 Å². The molecule has 0 aromatic heterocycles. The van der Waals surface area contributed by atoms with E-state index in [-0.39, 0.29) is 23.8 Å². The SMILES string of the molecule is CC(C)(CO)N1CCN(CC(c2cccc(OC(F)(F)F)c2)C2(O)CCCCC2)CC1. The second-order valence-electron chi connectivity index (χ2n) is 9.60. The van der Waals surface area contributed by atoms with Gasteiger partial charge in [0.15, 0.2) is 0 Å². The van der Waals surface area contributed by atoms with Gasteiger partial charge >= 0.3 is 6.36 Å². The Labute approximate surface area is 182 Å². The molecule has 1 heterocycles.